The van der Waals surface area contributed by atoms with Gasteiger partial charge in [0, 0.05) is 22.6 Å². The topological polar surface area (TPSA) is 3.24 Å². The van der Waals surface area contributed by atoms with Gasteiger partial charge in [-0.3, -0.25) is 0 Å². The van der Waals surface area contributed by atoms with E-state index in [9.17, 15) is 0 Å². The predicted molar refractivity (Wildman–Crippen MR) is 59.2 cm³/mol. The molecule has 3 heteroatoms. The Morgan fingerprint density at radius 2 is 2.15 bits per heavy atom. The highest BCUT2D eigenvalue weighted by Gasteiger charge is 2.17. The number of hydrogen-bond acceptors (Lipinski definition) is 1. The van der Waals surface area contributed by atoms with E-state index in [1.165, 1.54) is 15.6 Å². The number of fused-ring (bicyclic) bond motifs is 1. The molecule has 0 aliphatic carbocycles. The summed E-state index contributed by atoms with van der Waals surface area (Å²) in [5.74, 6) is 0. The van der Waals surface area contributed by atoms with Crippen molar-refractivity contribution >= 4 is 27.5 Å². The van der Waals surface area contributed by atoms with E-state index in [4.69, 9.17) is 11.6 Å². The Balaban J connectivity index is 2.51. The molecular formula is C10H11BrClN. The van der Waals surface area contributed by atoms with Crippen LogP contribution >= 0.6 is 27.5 Å². The molecule has 2 rings (SSSR count). The Morgan fingerprint density at radius 3 is 2.92 bits per heavy atom. The molecule has 0 radical (unpaired) electrons. The van der Waals surface area contributed by atoms with E-state index in [2.05, 4.69) is 27.9 Å². The summed E-state index contributed by atoms with van der Waals surface area (Å²) in [7, 11) is 2.14. The van der Waals surface area contributed by atoms with E-state index in [0.717, 1.165) is 24.5 Å². The lowest BCUT2D eigenvalue weighted by Gasteiger charge is -2.26. The first-order valence-corrected chi connectivity index (χ1v) is 5.50. The van der Waals surface area contributed by atoms with E-state index in [-0.39, 0.29) is 0 Å². The molecule has 0 amide bonds. The summed E-state index contributed by atoms with van der Waals surface area (Å²) in [5.41, 5.74) is 2.66. The molecule has 1 aliphatic rings. The summed E-state index contributed by atoms with van der Waals surface area (Å²) in [5, 5.41) is 0.909. The summed E-state index contributed by atoms with van der Waals surface area (Å²) in [4.78, 5) is 2.31. The third-order valence-electron chi connectivity index (χ3n) is 2.49. The van der Waals surface area contributed by atoms with Crippen LogP contribution in [0.15, 0.2) is 16.6 Å². The largest absolute Gasteiger partial charge is 0.302 e. The number of likely N-dealkylation sites (N-methyl/N-ethyl adjacent to an activating group) is 1. The standard InChI is InChI=1S/C10H11BrClN/c1-13-5-4-7-8(6-13)9(11)2-3-10(7)12/h2-3H,4-6H2,1H3. The Bertz CT molecular complexity index is 338. The van der Waals surface area contributed by atoms with Crippen LogP contribution in [0, 0.1) is 0 Å². The molecule has 0 atom stereocenters. The van der Waals surface area contributed by atoms with Crippen LogP contribution < -0.4 is 0 Å². The first kappa shape index (κ1) is 9.50. The van der Waals surface area contributed by atoms with Crippen LogP contribution in [-0.4, -0.2) is 18.5 Å². The fourth-order valence-electron chi connectivity index (χ4n) is 1.73. The maximum atomic E-state index is 6.12. The molecule has 0 saturated heterocycles. The third kappa shape index (κ3) is 1.76. The molecule has 1 heterocycles. The predicted octanol–water partition coefficient (Wildman–Crippen LogP) is 3.09. The molecule has 1 aliphatic heterocycles. The van der Waals surface area contributed by atoms with Gasteiger partial charge in [0.25, 0.3) is 0 Å². The van der Waals surface area contributed by atoms with Crippen LogP contribution in [-0.2, 0) is 13.0 Å². The highest BCUT2D eigenvalue weighted by Crippen LogP contribution is 2.31. The lowest BCUT2D eigenvalue weighted by molar-refractivity contribution is 0.312. The van der Waals surface area contributed by atoms with Crippen molar-refractivity contribution < 1.29 is 0 Å². The van der Waals surface area contributed by atoms with Crippen LogP contribution in [0.1, 0.15) is 11.1 Å². The Morgan fingerprint density at radius 1 is 1.38 bits per heavy atom. The lowest BCUT2D eigenvalue weighted by atomic mass is 10.0. The van der Waals surface area contributed by atoms with Crippen LogP contribution in [0.25, 0.3) is 0 Å². The van der Waals surface area contributed by atoms with Crippen molar-refractivity contribution in [2.24, 2.45) is 0 Å². The van der Waals surface area contributed by atoms with Gasteiger partial charge in [0.05, 0.1) is 0 Å². The van der Waals surface area contributed by atoms with Gasteiger partial charge in [0.15, 0.2) is 0 Å². The van der Waals surface area contributed by atoms with Gasteiger partial charge in [-0.05, 0) is 36.7 Å². The van der Waals surface area contributed by atoms with Crippen LogP contribution in [0.4, 0.5) is 0 Å². The van der Waals surface area contributed by atoms with Crippen molar-refractivity contribution in [3.63, 3.8) is 0 Å². The summed E-state index contributed by atoms with van der Waals surface area (Å²) in [6, 6.07) is 4.00. The van der Waals surface area contributed by atoms with E-state index in [1.807, 2.05) is 12.1 Å². The van der Waals surface area contributed by atoms with Gasteiger partial charge in [-0.2, -0.15) is 0 Å². The summed E-state index contributed by atoms with van der Waals surface area (Å²) < 4.78 is 1.18. The molecule has 0 saturated carbocycles. The van der Waals surface area contributed by atoms with E-state index >= 15 is 0 Å². The Hall–Kier alpha value is -0.0500. The molecule has 0 N–H and O–H groups in total. The minimum Gasteiger partial charge on any atom is -0.302 e. The van der Waals surface area contributed by atoms with E-state index < -0.39 is 0 Å². The molecule has 0 bridgehead atoms. The molecular weight excluding hydrogens is 249 g/mol. The highest BCUT2D eigenvalue weighted by atomic mass is 79.9. The third-order valence-corrected chi connectivity index (χ3v) is 3.59. The maximum absolute atomic E-state index is 6.12. The minimum atomic E-state index is 0.909. The van der Waals surface area contributed by atoms with Crippen molar-refractivity contribution in [2.75, 3.05) is 13.6 Å². The van der Waals surface area contributed by atoms with Crippen LogP contribution in [0.5, 0.6) is 0 Å². The Kier molecular flexibility index (Phi) is 2.63. The molecule has 0 spiro atoms. The van der Waals surface area contributed by atoms with Gasteiger partial charge in [-0.1, -0.05) is 27.5 Å². The van der Waals surface area contributed by atoms with Crippen molar-refractivity contribution in [2.45, 2.75) is 13.0 Å². The fourth-order valence-corrected chi connectivity index (χ4v) is 2.50. The zero-order chi connectivity index (χ0) is 9.42. The number of benzene rings is 1. The first-order chi connectivity index (χ1) is 6.18. The van der Waals surface area contributed by atoms with Crippen LogP contribution in [0.2, 0.25) is 5.02 Å². The van der Waals surface area contributed by atoms with Crippen molar-refractivity contribution in [3.8, 4) is 0 Å². The quantitative estimate of drug-likeness (QED) is 0.693. The van der Waals surface area contributed by atoms with Gasteiger partial charge in [0.2, 0.25) is 0 Å². The average molecular weight is 261 g/mol. The van der Waals surface area contributed by atoms with Gasteiger partial charge in [0.1, 0.15) is 0 Å². The van der Waals surface area contributed by atoms with Gasteiger partial charge >= 0.3 is 0 Å². The monoisotopic (exact) mass is 259 g/mol. The second-order valence-electron chi connectivity index (χ2n) is 3.47. The van der Waals surface area contributed by atoms with Crippen molar-refractivity contribution in [1.82, 2.24) is 4.90 Å². The smallest absolute Gasteiger partial charge is 0.0442 e. The zero-order valence-corrected chi connectivity index (χ0v) is 9.82. The van der Waals surface area contributed by atoms with Gasteiger partial charge < -0.3 is 4.90 Å². The second-order valence-corrected chi connectivity index (χ2v) is 4.74. The molecule has 1 aromatic carbocycles. The highest BCUT2D eigenvalue weighted by molar-refractivity contribution is 9.10. The average Bonchev–Trinajstić information content (AvgIpc) is 2.12. The van der Waals surface area contributed by atoms with Crippen molar-refractivity contribution in [3.05, 3.63) is 32.8 Å². The molecule has 0 unspecified atom stereocenters. The first-order valence-electron chi connectivity index (χ1n) is 4.33. The normalized spacial score (nSPS) is 17.2. The second kappa shape index (κ2) is 3.60. The summed E-state index contributed by atoms with van der Waals surface area (Å²) in [6.45, 7) is 2.10. The maximum Gasteiger partial charge on any atom is 0.0442 e. The SMILES string of the molecule is CN1CCc2c(Cl)ccc(Br)c2C1. The van der Waals surface area contributed by atoms with Crippen molar-refractivity contribution in [1.29, 1.82) is 0 Å². The molecule has 70 valence electrons. The van der Waals surface area contributed by atoms with E-state index in [0.29, 0.717) is 0 Å². The minimum absolute atomic E-state index is 0.909. The molecule has 0 fully saturated rings. The lowest BCUT2D eigenvalue weighted by Crippen LogP contribution is -2.27. The van der Waals surface area contributed by atoms with Gasteiger partial charge in [-0.15, -0.1) is 0 Å². The Labute approximate surface area is 91.8 Å². The van der Waals surface area contributed by atoms with E-state index in [1.54, 1.807) is 0 Å². The summed E-state index contributed by atoms with van der Waals surface area (Å²) >= 11 is 9.68. The zero-order valence-electron chi connectivity index (χ0n) is 7.48. The molecule has 0 aromatic heterocycles. The molecule has 13 heavy (non-hydrogen) atoms. The number of hydrogen-bond donors (Lipinski definition) is 0. The molecule has 1 aromatic rings. The number of nitrogens with zero attached hydrogens (tertiary/aromatic N) is 1. The summed E-state index contributed by atoms with van der Waals surface area (Å²) in [6.07, 6.45) is 1.06. The number of rotatable bonds is 0. The molecule has 1 nitrogen and oxygen atoms in total. The number of halogens is 2. The fraction of sp³-hybridized carbons (Fsp3) is 0.400. The van der Waals surface area contributed by atoms with Gasteiger partial charge in [-0.25, -0.2) is 0 Å². The van der Waals surface area contributed by atoms with Crippen LogP contribution in [0.3, 0.4) is 0 Å².